The Morgan fingerprint density at radius 2 is 2.36 bits per heavy atom. The van der Waals surface area contributed by atoms with Crippen LogP contribution in [0, 0.1) is 0 Å². The number of aromatic nitrogens is 2. The van der Waals surface area contributed by atoms with E-state index >= 15 is 0 Å². The van der Waals surface area contributed by atoms with E-state index in [9.17, 15) is 4.79 Å². The zero-order valence-electron chi connectivity index (χ0n) is 8.00. The Kier molecular flexibility index (Phi) is 2.30. The summed E-state index contributed by atoms with van der Waals surface area (Å²) in [6, 6.07) is 0. The molecule has 0 saturated carbocycles. The fourth-order valence-electron chi connectivity index (χ4n) is 1.51. The largest absolute Gasteiger partial charge is 0.370 e. The van der Waals surface area contributed by atoms with E-state index in [1.54, 1.807) is 0 Å². The predicted octanol–water partition coefficient (Wildman–Crippen LogP) is 0.793. The van der Waals surface area contributed by atoms with Crippen LogP contribution in [0.2, 0.25) is 0 Å². The number of nitrogens with zero attached hydrogens (tertiary/aromatic N) is 2. The monoisotopic (exact) mass is 192 g/mol. The van der Waals surface area contributed by atoms with Gasteiger partial charge in [0.1, 0.15) is 18.0 Å². The fraction of sp³-hybridized carbons (Fsp3) is 0.444. The van der Waals surface area contributed by atoms with E-state index < -0.39 is 0 Å². The van der Waals surface area contributed by atoms with Crippen molar-refractivity contribution in [2.75, 3.05) is 17.2 Å². The van der Waals surface area contributed by atoms with Gasteiger partial charge in [0.2, 0.25) is 5.91 Å². The zero-order valence-corrected chi connectivity index (χ0v) is 8.00. The molecule has 1 aromatic rings. The molecule has 5 nitrogen and oxygen atoms in total. The van der Waals surface area contributed by atoms with Gasteiger partial charge in [-0.2, -0.15) is 0 Å². The van der Waals surface area contributed by atoms with Crippen LogP contribution in [0.3, 0.4) is 0 Å². The highest BCUT2D eigenvalue weighted by Crippen LogP contribution is 2.24. The second kappa shape index (κ2) is 3.61. The van der Waals surface area contributed by atoms with E-state index in [2.05, 4.69) is 20.6 Å². The van der Waals surface area contributed by atoms with Gasteiger partial charge in [0.25, 0.3) is 0 Å². The molecule has 14 heavy (non-hydrogen) atoms. The van der Waals surface area contributed by atoms with E-state index in [4.69, 9.17) is 0 Å². The number of fused-ring (bicyclic) bond motifs is 1. The van der Waals surface area contributed by atoms with Gasteiger partial charge in [0, 0.05) is 18.5 Å². The molecule has 0 bridgehead atoms. The number of anilines is 2. The topological polar surface area (TPSA) is 66.9 Å². The van der Waals surface area contributed by atoms with Crippen molar-refractivity contribution in [1.82, 2.24) is 9.97 Å². The molecular formula is C9H12N4O. The molecule has 2 heterocycles. The molecule has 1 aromatic heterocycles. The molecular weight excluding hydrogens is 180 g/mol. The normalized spacial score (nSPS) is 14.5. The third-order valence-corrected chi connectivity index (χ3v) is 2.15. The molecule has 1 aliphatic heterocycles. The molecule has 0 saturated heterocycles. The zero-order chi connectivity index (χ0) is 9.97. The van der Waals surface area contributed by atoms with E-state index in [-0.39, 0.29) is 5.91 Å². The van der Waals surface area contributed by atoms with Gasteiger partial charge in [0.15, 0.2) is 0 Å². The molecule has 0 aliphatic carbocycles. The van der Waals surface area contributed by atoms with Gasteiger partial charge in [-0.15, -0.1) is 0 Å². The van der Waals surface area contributed by atoms with Gasteiger partial charge in [-0.05, 0) is 13.3 Å². The van der Waals surface area contributed by atoms with E-state index in [1.807, 2.05) is 6.92 Å². The Morgan fingerprint density at radius 3 is 3.14 bits per heavy atom. The Bertz CT molecular complexity index is 364. The van der Waals surface area contributed by atoms with Crippen molar-refractivity contribution in [2.45, 2.75) is 19.8 Å². The average molecular weight is 192 g/mol. The number of amides is 1. The Labute approximate surface area is 82.0 Å². The highest BCUT2D eigenvalue weighted by atomic mass is 16.1. The van der Waals surface area contributed by atoms with Crippen LogP contribution < -0.4 is 10.6 Å². The van der Waals surface area contributed by atoms with Crippen molar-refractivity contribution in [3.63, 3.8) is 0 Å². The van der Waals surface area contributed by atoms with Gasteiger partial charge in [0.05, 0.1) is 0 Å². The van der Waals surface area contributed by atoms with Gasteiger partial charge in [-0.3, -0.25) is 4.79 Å². The fourth-order valence-corrected chi connectivity index (χ4v) is 1.51. The van der Waals surface area contributed by atoms with Crippen molar-refractivity contribution in [3.05, 3.63) is 11.9 Å². The van der Waals surface area contributed by atoms with Crippen molar-refractivity contribution in [3.8, 4) is 0 Å². The molecule has 2 rings (SSSR count). The maximum Gasteiger partial charge on any atom is 0.225 e. The van der Waals surface area contributed by atoms with Crippen LogP contribution in [0.5, 0.6) is 0 Å². The summed E-state index contributed by atoms with van der Waals surface area (Å²) in [5, 5.41) is 5.88. The third kappa shape index (κ3) is 1.53. The molecule has 0 aromatic carbocycles. The molecule has 0 unspecified atom stereocenters. The molecule has 1 amide bonds. The highest BCUT2D eigenvalue weighted by Gasteiger charge is 2.19. The number of hydrogen-bond donors (Lipinski definition) is 2. The molecule has 0 radical (unpaired) electrons. The predicted molar refractivity (Wildman–Crippen MR) is 53.1 cm³/mol. The number of carbonyl (C=O) groups excluding carboxylic acids is 1. The molecule has 74 valence electrons. The van der Waals surface area contributed by atoms with E-state index in [0.717, 1.165) is 17.9 Å². The minimum Gasteiger partial charge on any atom is -0.370 e. The summed E-state index contributed by atoms with van der Waals surface area (Å²) in [5.41, 5.74) is 1.01. The van der Waals surface area contributed by atoms with Crippen molar-refractivity contribution >= 4 is 17.5 Å². The first kappa shape index (κ1) is 8.93. The van der Waals surface area contributed by atoms with Crippen molar-refractivity contribution in [2.24, 2.45) is 0 Å². The van der Waals surface area contributed by atoms with E-state index in [0.29, 0.717) is 18.7 Å². The molecule has 0 atom stereocenters. The van der Waals surface area contributed by atoms with Crippen molar-refractivity contribution in [1.29, 1.82) is 0 Å². The molecule has 1 aliphatic rings. The van der Waals surface area contributed by atoms with Crippen LogP contribution in [-0.2, 0) is 11.2 Å². The lowest BCUT2D eigenvalue weighted by Crippen LogP contribution is -2.21. The number of nitrogens with one attached hydrogen (secondary N) is 2. The smallest absolute Gasteiger partial charge is 0.225 e. The van der Waals surface area contributed by atoms with Crippen LogP contribution in [0.4, 0.5) is 11.6 Å². The maximum absolute atomic E-state index is 11.1. The Hall–Kier alpha value is -1.65. The second-order valence-corrected chi connectivity index (χ2v) is 3.13. The van der Waals surface area contributed by atoms with E-state index in [1.165, 1.54) is 6.33 Å². The summed E-state index contributed by atoms with van der Waals surface area (Å²) in [6.45, 7) is 2.83. The number of hydrogen-bond acceptors (Lipinski definition) is 4. The van der Waals surface area contributed by atoms with Crippen LogP contribution in [0.1, 0.15) is 18.9 Å². The lowest BCUT2D eigenvalue weighted by atomic mass is 10.1. The molecule has 5 heteroatoms. The average Bonchev–Trinajstić information content (AvgIpc) is 2.18. The summed E-state index contributed by atoms with van der Waals surface area (Å²) >= 11 is 0. The Balaban J connectivity index is 2.36. The first-order chi connectivity index (χ1) is 6.81. The summed E-state index contributed by atoms with van der Waals surface area (Å²) in [6.07, 6.45) is 2.69. The highest BCUT2D eigenvalue weighted by molar-refractivity contribution is 5.93. The molecule has 2 N–H and O–H groups in total. The quantitative estimate of drug-likeness (QED) is 0.727. The minimum absolute atomic E-state index is 0.0265. The first-order valence-electron chi connectivity index (χ1n) is 4.69. The van der Waals surface area contributed by atoms with Gasteiger partial charge in [-0.25, -0.2) is 9.97 Å². The van der Waals surface area contributed by atoms with Gasteiger partial charge >= 0.3 is 0 Å². The van der Waals surface area contributed by atoms with Crippen LogP contribution in [0.15, 0.2) is 6.33 Å². The summed E-state index contributed by atoms with van der Waals surface area (Å²) in [4.78, 5) is 19.3. The Morgan fingerprint density at radius 1 is 1.50 bits per heavy atom. The maximum atomic E-state index is 11.1. The summed E-state index contributed by atoms with van der Waals surface area (Å²) in [5.74, 6) is 1.50. The second-order valence-electron chi connectivity index (χ2n) is 3.13. The summed E-state index contributed by atoms with van der Waals surface area (Å²) in [7, 11) is 0. The SMILES string of the molecule is CCNc1ncnc2c1CCC(=O)N2. The standard InChI is InChI=1S/C9H12N4O/c1-2-10-8-6-3-4-7(14)13-9(6)12-5-11-8/h5H,2-4H2,1H3,(H2,10,11,12,13,14). The van der Waals surface area contributed by atoms with Crippen LogP contribution >= 0.6 is 0 Å². The third-order valence-electron chi connectivity index (χ3n) is 2.15. The minimum atomic E-state index is 0.0265. The first-order valence-corrected chi connectivity index (χ1v) is 4.69. The van der Waals surface area contributed by atoms with Gasteiger partial charge < -0.3 is 10.6 Å². The molecule has 0 spiro atoms. The molecule has 0 fully saturated rings. The van der Waals surface area contributed by atoms with Crippen LogP contribution in [-0.4, -0.2) is 22.4 Å². The lowest BCUT2D eigenvalue weighted by Gasteiger charge is -2.17. The number of carbonyl (C=O) groups is 1. The lowest BCUT2D eigenvalue weighted by molar-refractivity contribution is -0.116. The summed E-state index contributed by atoms with van der Waals surface area (Å²) < 4.78 is 0. The van der Waals surface area contributed by atoms with Crippen LogP contribution in [0.25, 0.3) is 0 Å². The number of rotatable bonds is 2. The van der Waals surface area contributed by atoms with Crippen molar-refractivity contribution < 1.29 is 4.79 Å². The van der Waals surface area contributed by atoms with Gasteiger partial charge in [-0.1, -0.05) is 0 Å².